The molecule has 5 unspecified atom stereocenters. The Kier molecular flexibility index (Phi) is 3.24. The van der Waals surface area contributed by atoms with Crippen molar-refractivity contribution in [2.24, 2.45) is 29.6 Å². The molecule has 0 radical (unpaired) electrons. The molecule has 0 N–H and O–H groups in total. The molecule has 0 aromatic carbocycles. The van der Waals surface area contributed by atoms with Crippen molar-refractivity contribution in [3.05, 3.63) is 22.7 Å². The maximum Gasteiger partial charge on any atom is 0.309 e. The van der Waals surface area contributed by atoms with E-state index >= 15 is 0 Å². The minimum absolute atomic E-state index is 0.0493. The number of esters is 1. The molecule has 0 amide bonds. The maximum atomic E-state index is 11.5. The minimum Gasteiger partial charge on any atom is -0.469 e. The van der Waals surface area contributed by atoms with E-state index in [0.29, 0.717) is 23.7 Å². The van der Waals surface area contributed by atoms with Gasteiger partial charge < -0.3 is 4.74 Å². The quantitative estimate of drug-likeness (QED) is 0.729. The number of hydrogen-bond acceptors (Lipinski definition) is 2. The highest BCUT2D eigenvalue weighted by Gasteiger charge is 2.56. The van der Waals surface area contributed by atoms with Crippen LogP contribution in [0.1, 0.15) is 13.8 Å². The molecule has 2 nitrogen and oxygen atoms in total. The Hall–Kier alpha value is -0.570. The fourth-order valence-corrected chi connectivity index (χ4v) is 3.44. The SMILES string of the molecule is COC(=O)C1C(C)C1C1C=CC(Br)=CC1C. The smallest absolute Gasteiger partial charge is 0.309 e. The Bertz CT molecular complexity index is 359. The van der Waals surface area contributed by atoms with Crippen molar-refractivity contribution in [1.82, 2.24) is 0 Å². The number of carbonyl (C=O) groups excluding carboxylic acids is 1. The second-order valence-corrected chi connectivity index (χ2v) is 5.75. The van der Waals surface area contributed by atoms with Crippen LogP contribution < -0.4 is 0 Å². The average Bonchev–Trinajstić information content (AvgIpc) is 2.89. The van der Waals surface area contributed by atoms with Gasteiger partial charge in [0.1, 0.15) is 0 Å². The van der Waals surface area contributed by atoms with Crippen LogP contribution in [0.4, 0.5) is 0 Å². The summed E-state index contributed by atoms with van der Waals surface area (Å²) in [5, 5.41) is 0. The van der Waals surface area contributed by atoms with E-state index in [1.807, 2.05) is 0 Å². The summed E-state index contributed by atoms with van der Waals surface area (Å²) >= 11 is 3.48. The zero-order valence-electron chi connectivity index (χ0n) is 9.81. The predicted octanol–water partition coefficient (Wildman–Crippen LogP) is 3.14. The highest BCUT2D eigenvalue weighted by atomic mass is 79.9. The number of allylic oxidation sites excluding steroid dienone is 4. The van der Waals surface area contributed by atoms with E-state index in [9.17, 15) is 4.79 Å². The molecule has 0 aromatic rings. The Labute approximate surface area is 105 Å². The first kappa shape index (κ1) is 11.9. The van der Waals surface area contributed by atoms with E-state index in [4.69, 9.17) is 4.74 Å². The van der Waals surface area contributed by atoms with Crippen LogP contribution in [0, 0.1) is 29.6 Å². The van der Waals surface area contributed by atoms with Gasteiger partial charge in [-0.15, -0.1) is 0 Å². The summed E-state index contributed by atoms with van der Waals surface area (Å²) < 4.78 is 5.97. The van der Waals surface area contributed by atoms with Crippen LogP contribution >= 0.6 is 15.9 Å². The van der Waals surface area contributed by atoms with E-state index in [0.717, 1.165) is 4.48 Å². The Morgan fingerprint density at radius 1 is 1.44 bits per heavy atom. The highest BCUT2D eigenvalue weighted by molar-refractivity contribution is 9.11. The summed E-state index contributed by atoms with van der Waals surface area (Å²) in [6.45, 7) is 4.34. The van der Waals surface area contributed by atoms with Crippen LogP contribution in [0.25, 0.3) is 0 Å². The summed E-state index contributed by atoms with van der Waals surface area (Å²) in [7, 11) is 1.47. The molecule has 0 aliphatic heterocycles. The van der Waals surface area contributed by atoms with Crippen molar-refractivity contribution < 1.29 is 9.53 Å². The van der Waals surface area contributed by atoms with Gasteiger partial charge in [-0.3, -0.25) is 4.79 Å². The monoisotopic (exact) mass is 284 g/mol. The Balaban J connectivity index is 2.06. The Morgan fingerprint density at radius 3 is 2.69 bits per heavy atom. The van der Waals surface area contributed by atoms with Crippen molar-refractivity contribution >= 4 is 21.9 Å². The third kappa shape index (κ3) is 1.97. The molecular weight excluding hydrogens is 268 g/mol. The van der Waals surface area contributed by atoms with E-state index in [-0.39, 0.29) is 11.9 Å². The second kappa shape index (κ2) is 4.36. The summed E-state index contributed by atoms with van der Waals surface area (Å²) in [5.41, 5.74) is 0. The number of rotatable bonds is 2. The molecule has 16 heavy (non-hydrogen) atoms. The third-order valence-electron chi connectivity index (χ3n) is 3.87. The fraction of sp³-hybridized carbons (Fsp3) is 0.615. The molecule has 88 valence electrons. The molecule has 0 heterocycles. The number of halogens is 1. The molecule has 0 bridgehead atoms. The molecule has 2 aliphatic carbocycles. The van der Waals surface area contributed by atoms with Gasteiger partial charge in [0, 0.05) is 4.48 Å². The van der Waals surface area contributed by atoms with E-state index in [1.54, 1.807) is 0 Å². The number of ether oxygens (including phenoxy) is 1. The largest absolute Gasteiger partial charge is 0.469 e. The molecule has 0 spiro atoms. The van der Waals surface area contributed by atoms with Crippen molar-refractivity contribution in [3.63, 3.8) is 0 Å². The first-order valence-electron chi connectivity index (χ1n) is 5.69. The molecule has 0 aromatic heterocycles. The topological polar surface area (TPSA) is 26.3 Å². The van der Waals surface area contributed by atoms with Crippen LogP contribution in [-0.4, -0.2) is 13.1 Å². The van der Waals surface area contributed by atoms with Crippen LogP contribution in [0.2, 0.25) is 0 Å². The van der Waals surface area contributed by atoms with E-state index in [2.05, 4.69) is 48.0 Å². The number of carbonyl (C=O) groups is 1. The fourth-order valence-electron chi connectivity index (χ4n) is 2.87. The van der Waals surface area contributed by atoms with Gasteiger partial charge in [0.05, 0.1) is 13.0 Å². The lowest BCUT2D eigenvalue weighted by atomic mass is 9.85. The minimum atomic E-state index is -0.0493. The molecule has 0 saturated heterocycles. The summed E-state index contributed by atoms with van der Waals surface area (Å²) in [4.78, 5) is 11.5. The lowest BCUT2D eigenvalue weighted by Gasteiger charge is -2.21. The predicted molar refractivity (Wildman–Crippen MR) is 67.0 cm³/mol. The molecule has 1 saturated carbocycles. The second-order valence-electron chi connectivity index (χ2n) is 4.83. The van der Waals surface area contributed by atoms with Gasteiger partial charge in [-0.05, 0) is 23.7 Å². The average molecular weight is 285 g/mol. The van der Waals surface area contributed by atoms with Crippen LogP contribution in [0.5, 0.6) is 0 Å². The molecular formula is C13H17BrO2. The summed E-state index contributed by atoms with van der Waals surface area (Å²) in [6, 6.07) is 0. The van der Waals surface area contributed by atoms with E-state index in [1.165, 1.54) is 7.11 Å². The molecule has 5 atom stereocenters. The van der Waals surface area contributed by atoms with Gasteiger partial charge in [0.25, 0.3) is 0 Å². The zero-order valence-corrected chi connectivity index (χ0v) is 11.4. The lowest BCUT2D eigenvalue weighted by Crippen LogP contribution is -2.16. The number of hydrogen-bond donors (Lipinski definition) is 0. The maximum absolute atomic E-state index is 11.5. The first-order chi connectivity index (χ1) is 7.56. The van der Waals surface area contributed by atoms with Crippen molar-refractivity contribution in [2.45, 2.75) is 13.8 Å². The van der Waals surface area contributed by atoms with Crippen molar-refractivity contribution in [2.75, 3.05) is 7.11 Å². The van der Waals surface area contributed by atoms with Crippen molar-refractivity contribution in [1.29, 1.82) is 0 Å². The van der Waals surface area contributed by atoms with Crippen LogP contribution in [0.15, 0.2) is 22.7 Å². The zero-order chi connectivity index (χ0) is 11.9. The lowest BCUT2D eigenvalue weighted by molar-refractivity contribution is -0.142. The van der Waals surface area contributed by atoms with Gasteiger partial charge >= 0.3 is 5.97 Å². The Morgan fingerprint density at radius 2 is 2.12 bits per heavy atom. The highest BCUT2D eigenvalue weighted by Crippen LogP contribution is 2.54. The standard InChI is InChI=1S/C13H17BrO2/c1-7-6-9(14)4-5-10(7)11-8(2)12(11)13(15)16-3/h4-8,10-12H,1-3H3. The normalized spacial score (nSPS) is 41.5. The van der Waals surface area contributed by atoms with Gasteiger partial charge in [-0.2, -0.15) is 0 Å². The molecule has 1 fully saturated rings. The van der Waals surface area contributed by atoms with Crippen LogP contribution in [0.3, 0.4) is 0 Å². The molecule has 3 heteroatoms. The van der Waals surface area contributed by atoms with Gasteiger partial charge in [-0.1, -0.05) is 48.0 Å². The van der Waals surface area contributed by atoms with E-state index < -0.39 is 0 Å². The third-order valence-corrected chi connectivity index (χ3v) is 4.40. The summed E-state index contributed by atoms with van der Waals surface area (Å²) in [6.07, 6.45) is 6.52. The number of methoxy groups -OCH3 is 1. The van der Waals surface area contributed by atoms with Gasteiger partial charge in [-0.25, -0.2) is 0 Å². The summed E-state index contributed by atoms with van der Waals surface area (Å²) in [5.74, 6) is 1.92. The molecule has 2 aliphatic rings. The van der Waals surface area contributed by atoms with Crippen molar-refractivity contribution in [3.8, 4) is 0 Å². The van der Waals surface area contributed by atoms with Gasteiger partial charge in [0.15, 0.2) is 0 Å². The molecule has 2 rings (SSSR count). The van der Waals surface area contributed by atoms with Gasteiger partial charge in [0.2, 0.25) is 0 Å². The first-order valence-corrected chi connectivity index (χ1v) is 6.49. The van der Waals surface area contributed by atoms with Crippen LogP contribution in [-0.2, 0) is 9.53 Å².